The van der Waals surface area contributed by atoms with Crippen molar-refractivity contribution in [3.05, 3.63) is 22.4 Å². The molecular weight excluding hydrogens is 172 g/mol. The molecule has 0 saturated heterocycles. The summed E-state index contributed by atoms with van der Waals surface area (Å²) in [7, 11) is 0. The molecule has 0 fully saturated rings. The van der Waals surface area contributed by atoms with Crippen LogP contribution in [0.3, 0.4) is 0 Å². The van der Waals surface area contributed by atoms with Crippen LogP contribution in [0.25, 0.3) is 0 Å². The third-order valence-corrected chi connectivity index (χ3v) is 1.59. The van der Waals surface area contributed by atoms with Gasteiger partial charge in [-0.3, -0.25) is 0 Å². The zero-order chi connectivity index (χ0) is 9.98. The SMILES string of the molecule is CC.CC.O=C(O)c1cccs1. The Bertz CT molecular complexity index is 180. The Morgan fingerprint density at radius 3 is 2.00 bits per heavy atom. The first-order chi connectivity index (χ1) is 5.80. The molecule has 0 radical (unpaired) electrons. The van der Waals surface area contributed by atoms with E-state index in [2.05, 4.69) is 0 Å². The largest absolute Gasteiger partial charge is 0.477 e. The van der Waals surface area contributed by atoms with Crippen LogP contribution < -0.4 is 0 Å². The third kappa shape index (κ3) is 5.92. The number of thiophene rings is 1. The number of aromatic carboxylic acids is 1. The topological polar surface area (TPSA) is 37.3 Å². The summed E-state index contributed by atoms with van der Waals surface area (Å²) in [6, 6.07) is 3.29. The molecule has 1 N–H and O–H groups in total. The lowest BCUT2D eigenvalue weighted by molar-refractivity contribution is 0.0702. The van der Waals surface area contributed by atoms with Crippen molar-refractivity contribution in [3.8, 4) is 0 Å². The normalized spacial score (nSPS) is 7.00. The Hall–Kier alpha value is -0.830. The Balaban J connectivity index is 0. The predicted molar refractivity (Wildman–Crippen MR) is 54.0 cm³/mol. The van der Waals surface area contributed by atoms with E-state index in [1.165, 1.54) is 11.3 Å². The van der Waals surface area contributed by atoms with Gasteiger partial charge in [-0.2, -0.15) is 0 Å². The third-order valence-electron chi connectivity index (χ3n) is 0.732. The van der Waals surface area contributed by atoms with Gasteiger partial charge in [0.15, 0.2) is 0 Å². The first-order valence-electron chi connectivity index (χ1n) is 4.07. The first-order valence-corrected chi connectivity index (χ1v) is 4.95. The van der Waals surface area contributed by atoms with E-state index in [4.69, 9.17) is 5.11 Å². The number of carboxylic acids is 1. The van der Waals surface area contributed by atoms with Crippen molar-refractivity contribution in [2.45, 2.75) is 27.7 Å². The standard InChI is InChI=1S/C5H4O2S.2C2H6/c6-5(7)4-2-1-3-8-4;2*1-2/h1-3H,(H,6,7);2*1-2H3. The Labute approximate surface area is 77.9 Å². The average molecular weight is 188 g/mol. The van der Waals surface area contributed by atoms with Gasteiger partial charge >= 0.3 is 5.97 Å². The van der Waals surface area contributed by atoms with Gasteiger partial charge in [0.2, 0.25) is 0 Å². The Kier molecular flexibility index (Phi) is 11.6. The van der Waals surface area contributed by atoms with E-state index in [0.717, 1.165) is 0 Å². The van der Waals surface area contributed by atoms with E-state index in [0.29, 0.717) is 4.88 Å². The molecule has 12 heavy (non-hydrogen) atoms. The second kappa shape index (κ2) is 10.2. The Morgan fingerprint density at radius 1 is 1.33 bits per heavy atom. The van der Waals surface area contributed by atoms with Crippen molar-refractivity contribution in [2.75, 3.05) is 0 Å². The average Bonchev–Trinajstić information content (AvgIpc) is 2.64. The second-order valence-corrected chi connectivity index (χ2v) is 2.23. The van der Waals surface area contributed by atoms with Crippen LogP contribution in [0, 0.1) is 0 Å². The molecule has 0 aromatic carbocycles. The summed E-state index contributed by atoms with van der Waals surface area (Å²) in [6.45, 7) is 8.00. The number of hydrogen-bond acceptors (Lipinski definition) is 2. The summed E-state index contributed by atoms with van der Waals surface area (Å²) in [5, 5.41) is 10.0. The lowest BCUT2D eigenvalue weighted by atomic mass is 10.5. The maximum absolute atomic E-state index is 10.1. The molecule has 0 atom stereocenters. The second-order valence-electron chi connectivity index (χ2n) is 1.28. The van der Waals surface area contributed by atoms with Gasteiger partial charge in [-0.25, -0.2) is 4.79 Å². The molecule has 3 heteroatoms. The van der Waals surface area contributed by atoms with Gasteiger partial charge in [0.05, 0.1) is 0 Å². The molecule has 70 valence electrons. The number of carbonyl (C=O) groups is 1. The van der Waals surface area contributed by atoms with Crippen LogP contribution in [0.1, 0.15) is 37.4 Å². The van der Waals surface area contributed by atoms with E-state index in [1.807, 2.05) is 27.7 Å². The highest BCUT2D eigenvalue weighted by atomic mass is 32.1. The summed E-state index contributed by atoms with van der Waals surface area (Å²) >= 11 is 1.23. The number of rotatable bonds is 1. The first kappa shape index (κ1) is 13.7. The zero-order valence-corrected chi connectivity index (χ0v) is 8.81. The van der Waals surface area contributed by atoms with E-state index in [-0.39, 0.29) is 0 Å². The van der Waals surface area contributed by atoms with Gasteiger partial charge in [-0.1, -0.05) is 33.8 Å². The maximum Gasteiger partial charge on any atom is 0.345 e. The van der Waals surface area contributed by atoms with Crippen molar-refractivity contribution in [2.24, 2.45) is 0 Å². The Morgan fingerprint density at radius 2 is 1.83 bits per heavy atom. The summed E-state index contributed by atoms with van der Waals surface area (Å²) < 4.78 is 0. The highest BCUT2D eigenvalue weighted by Gasteiger charge is 1.99. The summed E-state index contributed by atoms with van der Waals surface area (Å²) in [6.07, 6.45) is 0. The van der Waals surface area contributed by atoms with Crippen LogP contribution in [-0.4, -0.2) is 11.1 Å². The van der Waals surface area contributed by atoms with Crippen LogP contribution in [-0.2, 0) is 0 Å². The molecule has 0 aliphatic carbocycles. The van der Waals surface area contributed by atoms with Gasteiger partial charge in [0.25, 0.3) is 0 Å². The summed E-state index contributed by atoms with van der Waals surface area (Å²) in [5.74, 6) is -0.847. The van der Waals surface area contributed by atoms with Crippen molar-refractivity contribution < 1.29 is 9.90 Å². The molecule has 0 spiro atoms. The van der Waals surface area contributed by atoms with E-state index >= 15 is 0 Å². The fourth-order valence-electron chi connectivity index (χ4n) is 0.400. The molecule has 0 amide bonds. The van der Waals surface area contributed by atoms with Crippen LogP contribution in [0.4, 0.5) is 0 Å². The lowest BCUT2D eigenvalue weighted by Crippen LogP contribution is -1.89. The smallest absolute Gasteiger partial charge is 0.345 e. The summed E-state index contributed by atoms with van der Waals surface area (Å²) in [5.41, 5.74) is 0. The highest BCUT2D eigenvalue weighted by Crippen LogP contribution is 2.06. The molecule has 0 bridgehead atoms. The molecule has 1 heterocycles. The molecule has 0 saturated carbocycles. The molecular formula is C9H16O2S. The van der Waals surface area contributed by atoms with E-state index < -0.39 is 5.97 Å². The van der Waals surface area contributed by atoms with E-state index in [9.17, 15) is 4.79 Å². The zero-order valence-electron chi connectivity index (χ0n) is 8.00. The summed E-state index contributed by atoms with van der Waals surface area (Å²) in [4.78, 5) is 10.5. The van der Waals surface area contributed by atoms with E-state index in [1.54, 1.807) is 17.5 Å². The van der Waals surface area contributed by atoms with Crippen molar-refractivity contribution >= 4 is 17.3 Å². The van der Waals surface area contributed by atoms with Crippen LogP contribution in [0.15, 0.2) is 17.5 Å². The molecule has 1 aromatic rings. The number of hydrogen-bond donors (Lipinski definition) is 1. The van der Waals surface area contributed by atoms with Gasteiger partial charge in [-0.15, -0.1) is 11.3 Å². The van der Waals surface area contributed by atoms with Crippen molar-refractivity contribution in [1.29, 1.82) is 0 Å². The lowest BCUT2D eigenvalue weighted by Gasteiger charge is -1.78. The molecule has 1 aromatic heterocycles. The predicted octanol–water partition coefficient (Wildman–Crippen LogP) is 3.50. The highest BCUT2D eigenvalue weighted by molar-refractivity contribution is 7.11. The minimum Gasteiger partial charge on any atom is -0.477 e. The van der Waals surface area contributed by atoms with Gasteiger partial charge in [0, 0.05) is 0 Å². The number of carboxylic acid groups (broad SMARTS) is 1. The van der Waals surface area contributed by atoms with Crippen LogP contribution in [0.5, 0.6) is 0 Å². The molecule has 0 aliphatic rings. The van der Waals surface area contributed by atoms with Crippen molar-refractivity contribution in [3.63, 3.8) is 0 Å². The fourth-order valence-corrected chi connectivity index (χ4v) is 0.962. The molecule has 2 nitrogen and oxygen atoms in total. The van der Waals surface area contributed by atoms with Crippen LogP contribution >= 0.6 is 11.3 Å². The van der Waals surface area contributed by atoms with Crippen LogP contribution in [0.2, 0.25) is 0 Å². The molecule has 0 aliphatic heterocycles. The fraction of sp³-hybridized carbons (Fsp3) is 0.444. The minimum absolute atomic E-state index is 0.394. The van der Waals surface area contributed by atoms with Gasteiger partial charge in [-0.05, 0) is 11.4 Å². The quantitative estimate of drug-likeness (QED) is 0.732. The monoisotopic (exact) mass is 188 g/mol. The molecule has 0 unspecified atom stereocenters. The van der Waals surface area contributed by atoms with Gasteiger partial charge < -0.3 is 5.11 Å². The van der Waals surface area contributed by atoms with Crippen molar-refractivity contribution in [1.82, 2.24) is 0 Å². The van der Waals surface area contributed by atoms with Gasteiger partial charge in [0.1, 0.15) is 4.88 Å². The maximum atomic E-state index is 10.1. The minimum atomic E-state index is -0.847. The molecule has 1 rings (SSSR count).